The first-order chi connectivity index (χ1) is 8.50. The van der Waals surface area contributed by atoms with Gasteiger partial charge in [-0.1, -0.05) is 42.7 Å². The number of hydrogen-bond donors (Lipinski definition) is 1. The monoisotopic (exact) mass is 328 g/mol. The predicted molar refractivity (Wildman–Crippen MR) is 77.6 cm³/mol. The van der Waals surface area contributed by atoms with Gasteiger partial charge in [-0.3, -0.25) is 0 Å². The van der Waals surface area contributed by atoms with Gasteiger partial charge in [-0.25, -0.2) is 0 Å². The highest BCUT2D eigenvalue weighted by atomic mass is 79.9. The first kappa shape index (κ1) is 13.4. The molecule has 3 nitrogen and oxygen atoms in total. The maximum atomic E-state index is 6.28. The number of benzene rings is 1. The zero-order chi connectivity index (χ0) is 13.3. The van der Waals surface area contributed by atoms with Crippen LogP contribution in [0.5, 0.6) is 0 Å². The molecule has 0 aliphatic carbocycles. The maximum Gasteiger partial charge on any atom is 0.225 e. The van der Waals surface area contributed by atoms with Gasteiger partial charge < -0.3 is 10.3 Å². The van der Waals surface area contributed by atoms with Crippen LogP contribution in [0.2, 0.25) is 5.02 Å². The van der Waals surface area contributed by atoms with Crippen molar-refractivity contribution in [2.75, 3.05) is 5.73 Å². The third-order valence-electron chi connectivity index (χ3n) is 2.64. The van der Waals surface area contributed by atoms with Gasteiger partial charge >= 0.3 is 0 Å². The van der Waals surface area contributed by atoms with Crippen molar-refractivity contribution in [2.24, 2.45) is 5.92 Å². The molecule has 1 aromatic carbocycles. The maximum absolute atomic E-state index is 6.28. The van der Waals surface area contributed by atoms with Crippen molar-refractivity contribution >= 4 is 33.4 Å². The van der Waals surface area contributed by atoms with E-state index in [0.29, 0.717) is 16.8 Å². The van der Waals surface area contributed by atoms with Gasteiger partial charge in [0.25, 0.3) is 0 Å². The largest absolute Gasteiger partial charge is 0.367 e. The lowest BCUT2D eigenvalue weighted by atomic mass is 9.99. The van der Waals surface area contributed by atoms with Crippen LogP contribution in [0.25, 0.3) is 11.3 Å². The van der Waals surface area contributed by atoms with Gasteiger partial charge in [0.05, 0.1) is 5.02 Å². The van der Waals surface area contributed by atoms with Crippen molar-refractivity contribution in [3.8, 4) is 11.3 Å². The SMILES string of the molecule is CC(C)Cc1c(-c2cccc(Br)c2Cl)noc1N. The van der Waals surface area contributed by atoms with Gasteiger partial charge in [-0.05, 0) is 34.3 Å². The molecule has 2 rings (SSSR count). The number of rotatable bonds is 3. The molecule has 0 spiro atoms. The average Bonchev–Trinajstić information content (AvgIpc) is 2.64. The summed E-state index contributed by atoms with van der Waals surface area (Å²) in [6, 6.07) is 5.71. The number of nitrogens with two attached hydrogens (primary N) is 1. The summed E-state index contributed by atoms with van der Waals surface area (Å²) in [6.07, 6.45) is 0.813. The number of hydrogen-bond acceptors (Lipinski definition) is 3. The van der Waals surface area contributed by atoms with Crippen LogP contribution >= 0.6 is 27.5 Å². The summed E-state index contributed by atoms with van der Waals surface area (Å²) in [6.45, 7) is 4.25. The lowest BCUT2D eigenvalue weighted by molar-refractivity contribution is 0.438. The first-order valence-electron chi connectivity index (χ1n) is 5.69. The van der Waals surface area contributed by atoms with Crippen LogP contribution in [0.1, 0.15) is 19.4 Å². The lowest BCUT2D eigenvalue weighted by Gasteiger charge is -2.07. The first-order valence-corrected chi connectivity index (χ1v) is 6.86. The molecule has 96 valence electrons. The molecule has 0 aliphatic rings. The van der Waals surface area contributed by atoms with Crippen LogP contribution in [-0.4, -0.2) is 5.16 Å². The fourth-order valence-corrected chi connectivity index (χ4v) is 2.41. The lowest BCUT2D eigenvalue weighted by Crippen LogP contribution is -1.98. The number of nitrogens with zero attached hydrogens (tertiary/aromatic N) is 1. The Morgan fingerprint density at radius 2 is 2.17 bits per heavy atom. The molecule has 0 unspecified atom stereocenters. The van der Waals surface area contributed by atoms with E-state index in [1.807, 2.05) is 18.2 Å². The molecule has 1 heterocycles. The normalized spacial score (nSPS) is 11.2. The van der Waals surface area contributed by atoms with E-state index in [4.69, 9.17) is 21.9 Å². The van der Waals surface area contributed by atoms with Crippen molar-refractivity contribution in [3.63, 3.8) is 0 Å². The number of aromatic nitrogens is 1. The van der Waals surface area contributed by atoms with Crippen molar-refractivity contribution in [2.45, 2.75) is 20.3 Å². The summed E-state index contributed by atoms with van der Waals surface area (Å²) in [5, 5.41) is 4.66. The minimum atomic E-state index is 0.370. The summed E-state index contributed by atoms with van der Waals surface area (Å²) in [5.41, 5.74) is 8.32. The van der Waals surface area contributed by atoms with E-state index < -0.39 is 0 Å². The Bertz CT molecular complexity index is 566. The minimum Gasteiger partial charge on any atom is -0.367 e. The standard InChI is InChI=1S/C13H14BrClN2O/c1-7(2)6-9-12(17-18-13(9)16)8-4-3-5-10(14)11(8)15/h3-5,7H,6,16H2,1-2H3. The summed E-state index contributed by atoms with van der Waals surface area (Å²) < 4.78 is 5.93. The van der Waals surface area contributed by atoms with Gasteiger partial charge in [0.15, 0.2) is 0 Å². The van der Waals surface area contributed by atoms with E-state index in [9.17, 15) is 0 Å². The Labute approximate surface area is 119 Å². The molecule has 2 N–H and O–H groups in total. The summed E-state index contributed by atoms with van der Waals surface area (Å²) >= 11 is 9.68. The molecule has 0 amide bonds. The minimum absolute atomic E-state index is 0.370. The van der Waals surface area contributed by atoms with Crippen molar-refractivity contribution in [3.05, 3.63) is 33.3 Å². The van der Waals surface area contributed by atoms with Crippen LogP contribution < -0.4 is 5.73 Å². The molecule has 0 fully saturated rings. The highest BCUT2D eigenvalue weighted by molar-refractivity contribution is 9.10. The molecule has 2 aromatic rings. The highest BCUT2D eigenvalue weighted by Crippen LogP contribution is 2.37. The molecule has 0 bridgehead atoms. The second kappa shape index (κ2) is 5.33. The number of nitrogen functional groups attached to an aromatic ring is 1. The van der Waals surface area contributed by atoms with E-state index in [-0.39, 0.29) is 0 Å². The number of anilines is 1. The van der Waals surface area contributed by atoms with Crippen LogP contribution in [0.3, 0.4) is 0 Å². The molecule has 0 saturated carbocycles. The number of halogens is 2. The molecule has 0 radical (unpaired) electrons. The van der Waals surface area contributed by atoms with Crippen LogP contribution in [0.15, 0.2) is 27.2 Å². The molecular formula is C13H14BrClN2O. The third kappa shape index (κ3) is 2.54. The molecule has 18 heavy (non-hydrogen) atoms. The second-order valence-electron chi connectivity index (χ2n) is 4.57. The zero-order valence-electron chi connectivity index (χ0n) is 10.2. The molecule has 0 atom stereocenters. The van der Waals surface area contributed by atoms with Gasteiger partial charge in [0, 0.05) is 15.6 Å². The smallest absolute Gasteiger partial charge is 0.225 e. The Balaban J connectivity index is 2.54. The summed E-state index contributed by atoms with van der Waals surface area (Å²) in [5.74, 6) is 0.839. The fourth-order valence-electron chi connectivity index (χ4n) is 1.83. The molecule has 5 heteroatoms. The van der Waals surface area contributed by atoms with Crippen LogP contribution in [0, 0.1) is 5.92 Å². The van der Waals surface area contributed by atoms with E-state index in [1.165, 1.54) is 0 Å². The Morgan fingerprint density at radius 3 is 2.83 bits per heavy atom. The Kier molecular flexibility index (Phi) is 3.97. The average molecular weight is 330 g/mol. The zero-order valence-corrected chi connectivity index (χ0v) is 12.5. The van der Waals surface area contributed by atoms with Gasteiger partial charge in [0.1, 0.15) is 5.69 Å². The third-order valence-corrected chi connectivity index (χ3v) is 3.93. The van der Waals surface area contributed by atoms with E-state index in [2.05, 4.69) is 34.9 Å². The summed E-state index contributed by atoms with van der Waals surface area (Å²) in [4.78, 5) is 0. The van der Waals surface area contributed by atoms with Crippen molar-refractivity contribution in [1.29, 1.82) is 0 Å². The molecule has 0 aliphatic heterocycles. The van der Waals surface area contributed by atoms with Crippen molar-refractivity contribution < 1.29 is 4.52 Å². The second-order valence-corrected chi connectivity index (χ2v) is 5.81. The predicted octanol–water partition coefficient (Wildman–Crippen LogP) is 4.54. The Hall–Kier alpha value is -1.00. The van der Waals surface area contributed by atoms with E-state index >= 15 is 0 Å². The molecular weight excluding hydrogens is 316 g/mol. The summed E-state index contributed by atoms with van der Waals surface area (Å²) in [7, 11) is 0. The van der Waals surface area contributed by atoms with Crippen LogP contribution in [0.4, 0.5) is 5.88 Å². The highest BCUT2D eigenvalue weighted by Gasteiger charge is 2.19. The quantitative estimate of drug-likeness (QED) is 0.899. The van der Waals surface area contributed by atoms with Gasteiger partial charge in [-0.15, -0.1) is 0 Å². The van der Waals surface area contributed by atoms with Crippen LogP contribution in [-0.2, 0) is 6.42 Å². The topological polar surface area (TPSA) is 52.0 Å². The van der Waals surface area contributed by atoms with E-state index in [1.54, 1.807) is 0 Å². The fraction of sp³-hybridized carbons (Fsp3) is 0.308. The molecule has 0 saturated heterocycles. The van der Waals surface area contributed by atoms with E-state index in [0.717, 1.165) is 27.7 Å². The van der Waals surface area contributed by atoms with Gasteiger partial charge in [0.2, 0.25) is 5.88 Å². The molecule has 1 aromatic heterocycles. The van der Waals surface area contributed by atoms with Gasteiger partial charge in [-0.2, -0.15) is 0 Å². The van der Waals surface area contributed by atoms with Crippen molar-refractivity contribution in [1.82, 2.24) is 5.16 Å². The Morgan fingerprint density at radius 1 is 1.44 bits per heavy atom.